The molecule has 4 nitrogen and oxygen atoms in total. The number of hydrogen-bond donors (Lipinski definition) is 1. The van der Waals surface area contributed by atoms with Crippen molar-refractivity contribution in [1.29, 1.82) is 0 Å². The van der Waals surface area contributed by atoms with E-state index < -0.39 is 26.8 Å². The van der Waals surface area contributed by atoms with Crippen molar-refractivity contribution in [1.82, 2.24) is 0 Å². The van der Waals surface area contributed by atoms with Gasteiger partial charge in [0.2, 0.25) is 0 Å². The summed E-state index contributed by atoms with van der Waals surface area (Å²) in [6.45, 7) is 1.12. The summed E-state index contributed by atoms with van der Waals surface area (Å²) in [6, 6.07) is 4.41. The Morgan fingerprint density at radius 1 is 1.41 bits per heavy atom. The number of aliphatic carboxylic acids is 1. The van der Waals surface area contributed by atoms with Crippen molar-refractivity contribution < 1.29 is 18.3 Å². The zero-order valence-corrected chi connectivity index (χ0v) is 11.2. The minimum absolute atomic E-state index is 0.246. The first-order valence-corrected chi connectivity index (χ1v) is 7.09. The molecule has 1 aromatic rings. The lowest BCUT2D eigenvalue weighted by molar-refractivity contribution is -0.136. The van der Waals surface area contributed by atoms with Gasteiger partial charge in [-0.25, -0.2) is 8.42 Å². The molecule has 0 aromatic heterocycles. The second-order valence-corrected chi connectivity index (χ2v) is 6.69. The average Bonchev–Trinajstić information content (AvgIpc) is 2.21. The average molecular weight is 297 g/mol. The van der Waals surface area contributed by atoms with E-state index in [-0.39, 0.29) is 5.02 Å². The Hall–Kier alpha value is -0.780. The van der Waals surface area contributed by atoms with Gasteiger partial charge in [0.1, 0.15) is 0 Å². The Morgan fingerprint density at radius 3 is 2.53 bits per heavy atom. The standard InChI is InChI=1S/C10H10Cl2O4S/c1-6(10(13)14)17(15,16)5-7-4-8(11)2-3-9(7)12/h2-4,6H,5H2,1H3,(H,13,14). The van der Waals surface area contributed by atoms with Gasteiger partial charge in [0.25, 0.3) is 0 Å². The first kappa shape index (κ1) is 14.3. The van der Waals surface area contributed by atoms with Crippen LogP contribution in [-0.2, 0) is 20.4 Å². The predicted molar refractivity (Wildman–Crippen MR) is 66.2 cm³/mol. The van der Waals surface area contributed by atoms with Crippen LogP contribution < -0.4 is 0 Å². The Bertz CT molecular complexity index is 539. The molecule has 0 spiro atoms. The molecular weight excluding hydrogens is 287 g/mol. The molecule has 0 saturated carbocycles. The van der Waals surface area contributed by atoms with E-state index in [2.05, 4.69) is 0 Å². The van der Waals surface area contributed by atoms with Crippen LogP contribution in [0.4, 0.5) is 0 Å². The highest BCUT2D eigenvalue weighted by Gasteiger charge is 2.28. The predicted octanol–water partition coefficient (Wildman–Crippen LogP) is 2.38. The van der Waals surface area contributed by atoms with Crippen molar-refractivity contribution in [3.63, 3.8) is 0 Å². The summed E-state index contributed by atoms with van der Waals surface area (Å²) in [4.78, 5) is 10.6. The van der Waals surface area contributed by atoms with Gasteiger partial charge in [-0.1, -0.05) is 23.2 Å². The molecule has 0 aliphatic rings. The number of sulfone groups is 1. The Morgan fingerprint density at radius 2 is 2.00 bits per heavy atom. The highest BCUT2D eigenvalue weighted by Crippen LogP contribution is 2.23. The molecule has 7 heteroatoms. The molecule has 0 saturated heterocycles. The molecule has 0 radical (unpaired) electrons. The molecule has 1 atom stereocenters. The van der Waals surface area contributed by atoms with Crippen LogP contribution in [0.25, 0.3) is 0 Å². The van der Waals surface area contributed by atoms with Gasteiger partial charge < -0.3 is 5.11 Å². The third-order valence-corrected chi connectivity index (χ3v) is 4.85. The second kappa shape index (κ2) is 5.25. The lowest BCUT2D eigenvalue weighted by atomic mass is 10.2. The fraction of sp³-hybridized carbons (Fsp3) is 0.300. The molecule has 0 amide bonds. The fourth-order valence-electron chi connectivity index (χ4n) is 1.15. The summed E-state index contributed by atoms with van der Waals surface area (Å²) in [5.41, 5.74) is 0.298. The van der Waals surface area contributed by atoms with Crippen molar-refractivity contribution in [2.24, 2.45) is 0 Å². The van der Waals surface area contributed by atoms with Crippen molar-refractivity contribution in [3.8, 4) is 0 Å². The van der Waals surface area contributed by atoms with Crippen molar-refractivity contribution in [2.75, 3.05) is 0 Å². The zero-order chi connectivity index (χ0) is 13.2. The quantitative estimate of drug-likeness (QED) is 0.926. The molecule has 1 unspecified atom stereocenters. The van der Waals surface area contributed by atoms with E-state index in [0.717, 1.165) is 6.92 Å². The van der Waals surface area contributed by atoms with E-state index in [1.165, 1.54) is 18.2 Å². The molecule has 0 fully saturated rings. The van der Waals surface area contributed by atoms with E-state index in [1.807, 2.05) is 0 Å². The van der Waals surface area contributed by atoms with Gasteiger partial charge in [0.15, 0.2) is 15.1 Å². The van der Waals surface area contributed by atoms with Gasteiger partial charge in [0, 0.05) is 10.0 Å². The molecule has 0 bridgehead atoms. The number of rotatable bonds is 4. The van der Waals surface area contributed by atoms with Gasteiger partial charge >= 0.3 is 5.97 Å². The summed E-state index contributed by atoms with van der Waals surface area (Å²) in [6.07, 6.45) is 0. The fourth-order valence-corrected chi connectivity index (χ4v) is 2.84. The maximum atomic E-state index is 11.7. The summed E-state index contributed by atoms with van der Waals surface area (Å²) in [5.74, 6) is -1.83. The van der Waals surface area contributed by atoms with Crippen LogP contribution in [0.5, 0.6) is 0 Å². The molecule has 1 N–H and O–H groups in total. The van der Waals surface area contributed by atoms with Crippen LogP contribution in [0.1, 0.15) is 12.5 Å². The molecule has 0 aliphatic carbocycles. The van der Waals surface area contributed by atoms with Crippen molar-refractivity contribution >= 4 is 39.0 Å². The topological polar surface area (TPSA) is 71.4 Å². The molecule has 94 valence electrons. The largest absolute Gasteiger partial charge is 0.480 e. The smallest absolute Gasteiger partial charge is 0.321 e. The first-order valence-electron chi connectivity index (χ1n) is 4.62. The summed E-state index contributed by atoms with van der Waals surface area (Å²) < 4.78 is 23.4. The number of carbonyl (C=O) groups is 1. The molecular formula is C10H10Cl2O4S. The van der Waals surface area contributed by atoms with Crippen LogP contribution in [0.3, 0.4) is 0 Å². The monoisotopic (exact) mass is 296 g/mol. The summed E-state index contributed by atoms with van der Waals surface area (Å²) >= 11 is 11.5. The van der Waals surface area contributed by atoms with Crippen LogP contribution in [-0.4, -0.2) is 24.7 Å². The zero-order valence-electron chi connectivity index (χ0n) is 8.85. The Balaban J connectivity index is 3.06. The van der Waals surface area contributed by atoms with Gasteiger partial charge in [-0.05, 0) is 30.7 Å². The lowest BCUT2D eigenvalue weighted by Gasteiger charge is -2.09. The minimum atomic E-state index is -3.79. The number of halogens is 2. The van der Waals surface area contributed by atoms with Gasteiger partial charge in [-0.15, -0.1) is 0 Å². The number of hydrogen-bond acceptors (Lipinski definition) is 3. The van der Waals surface area contributed by atoms with Gasteiger partial charge in [-0.3, -0.25) is 4.79 Å². The van der Waals surface area contributed by atoms with Crippen LogP contribution in [0.2, 0.25) is 10.0 Å². The second-order valence-electron chi connectivity index (χ2n) is 3.52. The Kier molecular flexibility index (Phi) is 4.41. The van der Waals surface area contributed by atoms with Crippen LogP contribution in [0.15, 0.2) is 18.2 Å². The first-order chi connectivity index (χ1) is 7.74. The van der Waals surface area contributed by atoms with Gasteiger partial charge in [0.05, 0.1) is 5.75 Å². The van der Waals surface area contributed by atoms with Crippen molar-refractivity contribution in [2.45, 2.75) is 17.9 Å². The SMILES string of the molecule is CC(C(=O)O)S(=O)(=O)Cc1cc(Cl)ccc1Cl. The van der Waals surface area contributed by atoms with E-state index in [0.29, 0.717) is 10.6 Å². The Labute approximate surface area is 109 Å². The van der Waals surface area contributed by atoms with E-state index in [9.17, 15) is 13.2 Å². The highest BCUT2D eigenvalue weighted by molar-refractivity contribution is 7.92. The maximum absolute atomic E-state index is 11.7. The summed E-state index contributed by atoms with van der Waals surface area (Å²) in [7, 11) is -3.79. The summed E-state index contributed by atoms with van der Waals surface area (Å²) in [5, 5.41) is 7.80. The third kappa shape index (κ3) is 3.59. The molecule has 1 aromatic carbocycles. The normalized spacial score (nSPS) is 13.4. The van der Waals surface area contributed by atoms with E-state index >= 15 is 0 Å². The number of carboxylic acids is 1. The van der Waals surface area contributed by atoms with Crippen molar-refractivity contribution in [3.05, 3.63) is 33.8 Å². The highest BCUT2D eigenvalue weighted by atomic mass is 35.5. The minimum Gasteiger partial charge on any atom is -0.480 e. The maximum Gasteiger partial charge on any atom is 0.321 e. The van der Waals surface area contributed by atoms with Crippen LogP contribution in [0, 0.1) is 0 Å². The molecule has 17 heavy (non-hydrogen) atoms. The van der Waals surface area contributed by atoms with Gasteiger partial charge in [-0.2, -0.15) is 0 Å². The third-order valence-electron chi connectivity index (χ3n) is 2.25. The van der Waals surface area contributed by atoms with E-state index in [1.54, 1.807) is 0 Å². The number of benzene rings is 1. The molecule has 1 rings (SSSR count). The van der Waals surface area contributed by atoms with E-state index in [4.69, 9.17) is 28.3 Å². The number of carboxylic acid groups (broad SMARTS) is 1. The lowest BCUT2D eigenvalue weighted by Crippen LogP contribution is -2.28. The van der Waals surface area contributed by atoms with Crippen LogP contribution >= 0.6 is 23.2 Å². The molecule has 0 aliphatic heterocycles. The molecule has 0 heterocycles.